The van der Waals surface area contributed by atoms with Gasteiger partial charge in [0.25, 0.3) is 0 Å². The van der Waals surface area contributed by atoms with Crippen LogP contribution in [0, 0.1) is 0 Å². The summed E-state index contributed by atoms with van der Waals surface area (Å²) in [5.41, 5.74) is 6.62. The average Bonchev–Trinajstić information content (AvgIpc) is 2.97. The Bertz CT molecular complexity index is 547. The van der Waals surface area contributed by atoms with Gasteiger partial charge >= 0.3 is 0 Å². The maximum absolute atomic E-state index is 11.1. The molecule has 3 N–H and O–H groups in total. The van der Waals surface area contributed by atoms with Gasteiger partial charge in [0.2, 0.25) is 11.9 Å². The van der Waals surface area contributed by atoms with Gasteiger partial charge in [0.05, 0.1) is 5.69 Å². The maximum Gasteiger partial charge on any atom is 0.221 e. The van der Waals surface area contributed by atoms with E-state index >= 15 is 0 Å². The van der Waals surface area contributed by atoms with E-state index in [0.29, 0.717) is 0 Å². The number of carbonyl (C=O) groups is 1. The number of nitrogens with two attached hydrogens (primary N) is 1. The molecule has 0 radical (unpaired) electrons. The topological polar surface area (TPSA) is 88.0 Å². The standard InChI is InChI=1S/C13H20N6O/c1-9(20)16-10-4-7-19(8-10)11-5-6-18(3)12(11)17-13(14)15-2/h5-6,10H,2,4,7-8H2,1,3H3,(H2,14,17)(H,16,20)/t10-/m0/s1. The average molecular weight is 276 g/mol. The van der Waals surface area contributed by atoms with Crippen LogP contribution in [-0.2, 0) is 11.8 Å². The molecular formula is C13H20N6O. The number of hydrogen-bond donors (Lipinski definition) is 2. The van der Waals surface area contributed by atoms with Crippen molar-refractivity contribution in [3.05, 3.63) is 12.3 Å². The Morgan fingerprint density at radius 3 is 3.00 bits per heavy atom. The zero-order valence-electron chi connectivity index (χ0n) is 11.8. The highest BCUT2D eigenvalue weighted by atomic mass is 16.1. The quantitative estimate of drug-likeness (QED) is 0.618. The van der Waals surface area contributed by atoms with E-state index in [1.54, 1.807) is 0 Å². The lowest BCUT2D eigenvalue weighted by Gasteiger charge is -2.18. The number of aromatic nitrogens is 1. The number of hydrogen-bond acceptors (Lipinski definition) is 3. The van der Waals surface area contributed by atoms with Gasteiger partial charge in [-0.3, -0.25) is 4.79 Å². The number of carbonyl (C=O) groups excluding carboxylic acids is 1. The molecule has 2 heterocycles. The molecule has 1 aliphatic rings. The molecule has 7 nitrogen and oxygen atoms in total. The fourth-order valence-electron chi connectivity index (χ4n) is 2.42. The molecule has 2 rings (SSSR count). The Morgan fingerprint density at radius 2 is 2.35 bits per heavy atom. The highest BCUT2D eigenvalue weighted by Gasteiger charge is 2.25. The van der Waals surface area contributed by atoms with E-state index in [0.717, 1.165) is 31.0 Å². The largest absolute Gasteiger partial charge is 0.368 e. The molecule has 1 aliphatic heterocycles. The molecule has 108 valence electrons. The summed E-state index contributed by atoms with van der Waals surface area (Å²) in [5.74, 6) is 0.896. The predicted molar refractivity (Wildman–Crippen MR) is 80.7 cm³/mol. The van der Waals surface area contributed by atoms with Crippen molar-refractivity contribution in [1.82, 2.24) is 9.88 Å². The van der Waals surface area contributed by atoms with Gasteiger partial charge < -0.3 is 20.5 Å². The fourth-order valence-corrected chi connectivity index (χ4v) is 2.42. The number of nitrogens with zero attached hydrogens (tertiary/aromatic N) is 4. The highest BCUT2D eigenvalue weighted by molar-refractivity contribution is 5.86. The Balaban J connectivity index is 2.18. The first-order valence-corrected chi connectivity index (χ1v) is 6.49. The maximum atomic E-state index is 11.1. The van der Waals surface area contributed by atoms with Crippen LogP contribution in [0.1, 0.15) is 13.3 Å². The normalized spacial score (nSPS) is 19.2. The van der Waals surface area contributed by atoms with Crippen LogP contribution in [0.3, 0.4) is 0 Å². The van der Waals surface area contributed by atoms with Gasteiger partial charge in [-0.05, 0) is 19.2 Å². The van der Waals surface area contributed by atoms with Gasteiger partial charge in [-0.15, -0.1) is 0 Å². The zero-order valence-corrected chi connectivity index (χ0v) is 11.8. The molecule has 7 heteroatoms. The van der Waals surface area contributed by atoms with Crippen LogP contribution in [0.4, 0.5) is 11.5 Å². The third-order valence-electron chi connectivity index (χ3n) is 3.34. The van der Waals surface area contributed by atoms with Crippen molar-refractivity contribution < 1.29 is 4.79 Å². The van der Waals surface area contributed by atoms with Crippen LogP contribution >= 0.6 is 0 Å². The lowest BCUT2D eigenvalue weighted by atomic mass is 10.2. The van der Waals surface area contributed by atoms with Gasteiger partial charge in [-0.2, -0.15) is 4.99 Å². The summed E-state index contributed by atoms with van der Waals surface area (Å²) in [6.45, 7) is 6.55. The minimum atomic E-state index is 0.00302. The lowest BCUT2D eigenvalue weighted by molar-refractivity contribution is -0.119. The van der Waals surface area contributed by atoms with E-state index < -0.39 is 0 Å². The number of guanidine groups is 1. The number of aliphatic imine (C=N–C) groups is 2. The van der Waals surface area contributed by atoms with Gasteiger partial charge in [-0.1, -0.05) is 0 Å². The first-order valence-electron chi connectivity index (χ1n) is 6.49. The molecule has 0 saturated carbocycles. The monoisotopic (exact) mass is 276 g/mol. The summed E-state index contributed by atoms with van der Waals surface area (Å²) in [6, 6.07) is 2.17. The van der Waals surface area contributed by atoms with Gasteiger partial charge in [-0.25, -0.2) is 4.99 Å². The van der Waals surface area contributed by atoms with Gasteiger partial charge in [0, 0.05) is 39.3 Å². The second-order valence-corrected chi connectivity index (χ2v) is 4.90. The number of aryl methyl sites for hydroxylation is 1. The molecular weight excluding hydrogens is 256 g/mol. The van der Waals surface area contributed by atoms with E-state index in [1.165, 1.54) is 6.92 Å². The molecule has 1 saturated heterocycles. The summed E-state index contributed by atoms with van der Waals surface area (Å²) in [4.78, 5) is 21.2. The van der Waals surface area contributed by atoms with E-state index in [4.69, 9.17) is 5.73 Å². The molecule has 1 amide bonds. The summed E-state index contributed by atoms with van der Waals surface area (Å²) < 4.78 is 1.89. The zero-order chi connectivity index (χ0) is 14.7. The number of nitrogens with one attached hydrogen (secondary N) is 1. The number of rotatable bonds is 3. The molecule has 0 spiro atoms. The smallest absolute Gasteiger partial charge is 0.221 e. The van der Waals surface area contributed by atoms with Crippen LogP contribution < -0.4 is 16.0 Å². The van der Waals surface area contributed by atoms with Gasteiger partial charge in [0.1, 0.15) is 0 Å². The third kappa shape index (κ3) is 2.98. The summed E-state index contributed by atoms with van der Waals surface area (Å²) in [6.07, 6.45) is 2.85. The summed E-state index contributed by atoms with van der Waals surface area (Å²) in [5, 5.41) is 2.94. The van der Waals surface area contributed by atoms with Crippen molar-refractivity contribution >= 4 is 30.1 Å². The van der Waals surface area contributed by atoms with Crippen LogP contribution in [0.25, 0.3) is 0 Å². The molecule has 0 bridgehead atoms. The molecule has 1 atom stereocenters. The molecule has 0 aliphatic carbocycles. The van der Waals surface area contributed by atoms with Crippen molar-refractivity contribution in [2.45, 2.75) is 19.4 Å². The van der Waals surface area contributed by atoms with Crippen molar-refractivity contribution in [1.29, 1.82) is 0 Å². The summed E-state index contributed by atoms with van der Waals surface area (Å²) in [7, 11) is 1.90. The number of anilines is 1. The lowest BCUT2D eigenvalue weighted by Crippen LogP contribution is -2.35. The Hall–Kier alpha value is -2.31. The van der Waals surface area contributed by atoms with Crippen LogP contribution in [-0.4, -0.2) is 42.3 Å². The molecule has 0 aromatic carbocycles. The van der Waals surface area contributed by atoms with Crippen molar-refractivity contribution in [2.75, 3.05) is 18.0 Å². The van der Waals surface area contributed by atoms with Gasteiger partial charge in [0.15, 0.2) is 5.82 Å². The Morgan fingerprint density at radius 1 is 1.60 bits per heavy atom. The van der Waals surface area contributed by atoms with Crippen molar-refractivity contribution in [3.8, 4) is 0 Å². The molecule has 20 heavy (non-hydrogen) atoms. The fraction of sp³-hybridized carbons (Fsp3) is 0.462. The van der Waals surface area contributed by atoms with Crippen molar-refractivity contribution in [2.24, 2.45) is 22.8 Å². The second-order valence-electron chi connectivity index (χ2n) is 4.90. The van der Waals surface area contributed by atoms with Crippen LogP contribution in [0.5, 0.6) is 0 Å². The van der Waals surface area contributed by atoms with Crippen LogP contribution in [0.15, 0.2) is 22.2 Å². The third-order valence-corrected chi connectivity index (χ3v) is 3.34. The SMILES string of the molecule is C=NC(N)=Nc1c(N2CC[C@H](NC(C)=O)C2)ccn1C. The molecule has 1 fully saturated rings. The highest BCUT2D eigenvalue weighted by Crippen LogP contribution is 2.32. The van der Waals surface area contributed by atoms with E-state index in [-0.39, 0.29) is 17.9 Å². The van der Waals surface area contributed by atoms with E-state index in [1.807, 2.05) is 23.9 Å². The van der Waals surface area contributed by atoms with Crippen LogP contribution in [0.2, 0.25) is 0 Å². The minimum absolute atomic E-state index is 0.00302. The predicted octanol–water partition coefficient (Wildman–Crippen LogP) is 0.387. The number of amides is 1. The first-order chi connectivity index (χ1) is 9.51. The Labute approximate surface area is 118 Å². The van der Waals surface area contributed by atoms with Crippen molar-refractivity contribution in [3.63, 3.8) is 0 Å². The molecule has 1 aromatic rings. The summed E-state index contributed by atoms with van der Waals surface area (Å²) >= 11 is 0. The molecule has 1 aromatic heterocycles. The van der Waals surface area contributed by atoms with E-state index in [2.05, 4.69) is 26.9 Å². The molecule has 0 unspecified atom stereocenters. The Kier molecular flexibility index (Phi) is 4.07. The second kappa shape index (κ2) is 5.77. The van der Waals surface area contributed by atoms with E-state index in [9.17, 15) is 4.79 Å². The first kappa shape index (κ1) is 14.1. The minimum Gasteiger partial charge on any atom is -0.368 e.